The Bertz CT molecular complexity index is 472. The molecule has 1 heterocycles. The van der Waals surface area contributed by atoms with E-state index in [1.54, 1.807) is 11.3 Å². The highest BCUT2D eigenvalue weighted by Crippen LogP contribution is 2.25. The van der Waals surface area contributed by atoms with Gasteiger partial charge in [0.2, 0.25) is 0 Å². The fourth-order valence-electron chi connectivity index (χ4n) is 1.89. The van der Waals surface area contributed by atoms with Crippen molar-refractivity contribution in [3.05, 3.63) is 56.7 Å². The van der Waals surface area contributed by atoms with Gasteiger partial charge in [-0.05, 0) is 40.4 Å². The molecule has 18 heavy (non-hydrogen) atoms. The van der Waals surface area contributed by atoms with Crippen LogP contribution in [0.15, 0.2) is 45.6 Å². The summed E-state index contributed by atoms with van der Waals surface area (Å²) in [6, 6.07) is 10.4. The number of halogens is 1. The Labute approximate surface area is 120 Å². The first-order valence-electron chi connectivity index (χ1n) is 5.91. The molecule has 2 N–H and O–H groups in total. The molecule has 1 atom stereocenters. The van der Waals surface area contributed by atoms with Crippen molar-refractivity contribution in [2.24, 2.45) is 0 Å². The van der Waals surface area contributed by atoms with Crippen LogP contribution in [0.5, 0.6) is 0 Å². The quantitative estimate of drug-likeness (QED) is 0.848. The molecule has 0 amide bonds. The highest BCUT2D eigenvalue weighted by molar-refractivity contribution is 9.10. The summed E-state index contributed by atoms with van der Waals surface area (Å²) in [4.78, 5) is 0. The van der Waals surface area contributed by atoms with Gasteiger partial charge in [-0.3, -0.25) is 0 Å². The van der Waals surface area contributed by atoms with E-state index in [1.165, 1.54) is 11.1 Å². The van der Waals surface area contributed by atoms with Gasteiger partial charge in [-0.2, -0.15) is 11.3 Å². The minimum atomic E-state index is 0.172. The summed E-state index contributed by atoms with van der Waals surface area (Å²) in [5, 5.41) is 16.9. The maximum Gasteiger partial charge on any atom is 0.0449 e. The molecule has 2 rings (SSSR count). The summed E-state index contributed by atoms with van der Waals surface area (Å²) >= 11 is 5.27. The second kappa shape index (κ2) is 7.04. The standard InChI is InChI=1S/C14H16BrNOS/c15-13-4-2-1-3-12(13)14(5-7-17)16-9-11-6-8-18-10-11/h1-4,6,8,10,14,16-17H,5,7,9H2. The first-order chi connectivity index (χ1) is 8.81. The van der Waals surface area contributed by atoms with Crippen LogP contribution < -0.4 is 5.32 Å². The normalized spacial score (nSPS) is 12.6. The summed E-state index contributed by atoms with van der Waals surface area (Å²) in [5.74, 6) is 0. The van der Waals surface area contributed by atoms with E-state index in [4.69, 9.17) is 0 Å². The van der Waals surface area contributed by atoms with Crippen LogP contribution in [-0.2, 0) is 6.54 Å². The van der Waals surface area contributed by atoms with Crippen molar-refractivity contribution in [3.8, 4) is 0 Å². The first kappa shape index (κ1) is 13.7. The van der Waals surface area contributed by atoms with Gasteiger partial charge in [0, 0.05) is 23.7 Å². The highest BCUT2D eigenvalue weighted by Gasteiger charge is 2.13. The lowest BCUT2D eigenvalue weighted by Gasteiger charge is -2.19. The molecule has 0 spiro atoms. The van der Waals surface area contributed by atoms with E-state index in [0.717, 1.165) is 11.0 Å². The number of benzene rings is 1. The molecule has 0 aliphatic rings. The average molecular weight is 326 g/mol. The number of hydrogen-bond acceptors (Lipinski definition) is 3. The molecule has 2 nitrogen and oxygen atoms in total. The van der Waals surface area contributed by atoms with Crippen molar-refractivity contribution in [2.75, 3.05) is 6.61 Å². The molecular weight excluding hydrogens is 310 g/mol. The molecule has 0 saturated heterocycles. The predicted octanol–water partition coefficient (Wildman–Crippen LogP) is 3.72. The lowest BCUT2D eigenvalue weighted by atomic mass is 10.0. The van der Waals surface area contributed by atoms with Gasteiger partial charge in [0.15, 0.2) is 0 Å². The average Bonchev–Trinajstić information content (AvgIpc) is 2.88. The zero-order valence-corrected chi connectivity index (χ0v) is 12.4. The smallest absolute Gasteiger partial charge is 0.0449 e. The van der Waals surface area contributed by atoms with Gasteiger partial charge in [-0.25, -0.2) is 0 Å². The van der Waals surface area contributed by atoms with Gasteiger partial charge >= 0.3 is 0 Å². The minimum absolute atomic E-state index is 0.172. The summed E-state index contributed by atoms with van der Waals surface area (Å²) in [7, 11) is 0. The van der Waals surface area contributed by atoms with Crippen LogP contribution >= 0.6 is 27.3 Å². The molecule has 1 unspecified atom stereocenters. The van der Waals surface area contributed by atoms with E-state index in [1.807, 2.05) is 18.2 Å². The van der Waals surface area contributed by atoms with Crippen molar-refractivity contribution in [1.29, 1.82) is 0 Å². The van der Waals surface area contributed by atoms with Gasteiger partial charge in [0.1, 0.15) is 0 Å². The van der Waals surface area contributed by atoms with E-state index in [2.05, 4.69) is 44.1 Å². The van der Waals surface area contributed by atoms with Gasteiger partial charge < -0.3 is 10.4 Å². The predicted molar refractivity (Wildman–Crippen MR) is 79.7 cm³/mol. The summed E-state index contributed by atoms with van der Waals surface area (Å²) in [5.41, 5.74) is 2.48. The van der Waals surface area contributed by atoms with Crippen molar-refractivity contribution in [3.63, 3.8) is 0 Å². The van der Waals surface area contributed by atoms with E-state index in [0.29, 0.717) is 6.42 Å². The molecule has 0 saturated carbocycles. The molecule has 0 aliphatic carbocycles. The summed E-state index contributed by atoms with van der Waals surface area (Å²) in [6.07, 6.45) is 0.715. The Morgan fingerprint density at radius 3 is 2.78 bits per heavy atom. The lowest BCUT2D eigenvalue weighted by Crippen LogP contribution is -2.22. The van der Waals surface area contributed by atoms with E-state index in [9.17, 15) is 5.11 Å². The van der Waals surface area contributed by atoms with Crippen LogP contribution in [0, 0.1) is 0 Å². The highest BCUT2D eigenvalue weighted by atomic mass is 79.9. The van der Waals surface area contributed by atoms with Crippen LogP contribution in [-0.4, -0.2) is 11.7 Å². The fraction of sp³-hybridized carbons (Fsp3) is 0.286. The van der Waals surface area contributed by atoms with Crippen LogP contribution in [0.3, 0.4) is 0 Å². The maximum atomic E-state index is 9.19. The van der Waals surface area contributed by atoms with Gasteiger partial charge in [0.05, 0.1) is 0 Å². The molecule has 4 heteroatoms. The topological polar surface area (TPSA) is 32.3 Å². The molecule has 2 aromatic rings. The third-order valence-corrected chi connectivity index (χ3v) is 4.29. The van der Waals surface area contributed by atoms with E-state index >= 15 is 0 Å². The minimum Gasteiger partial charge on any atom is -0.396 e. The first-order valence-corrected chi connectivity index (χ1v) is 7.64. The zero-order valence-electron chi connectivity index (χ0n) is 9.97. The van der Waals surface area contributed by atoms with Crippen molar-refractivity contribution in [2.45, 2.75) is 19.0 Å². The second-order valence-corrected chi connectivity index (χ2v) is 5.73. The number of aliphatic hydroxyl groups excluding tert-OH is 1. The van der Waals surface area contributed by atoms with Crippen LogP contribution in [0.2, 0.25) is 0 Å². The largest absolute Gasteiger partial charge is 0.396 e. The molecule has 0 aliphatic heterocycles. The number of aliphatic hydroxyl groups is 1. The third kappa shape index (κ3) is 3.65. The molecule has 0 bridgehead atoms. The Balaban J connectivity index is 2.06. The monoisotopic (exact) mass is 325 g/mol. The van der Waals surface area contributed by atoms with Gasteiger partial charge in [0.25, 0.3) is 0 Å². The second-order valence-electron chi connectivity index (χ2n) is 4.10. The summed E-state index contributed by atoms with van der Waals surface area (Å²) in [6.45, 7) is 1.01. The maximum absolute atomic E-state index is 9.19. The zero-order chi connectivity index (χ0) is 12.8. The van der Waals surface area contributed by atoms with E-state index < -0.39 is 0 Å². The van der Waals surface area contributed by atoms with Crippen LogP contribution in [0.25, 0.3) is 0 Å². The van der Waals surface area contributed by atoms with Crippen LogP contribution in [0.4, 0.5) is 0 Å². The van der Waals surface area contributed by atoms with E-state index in [-0.39, 0.29) is 12.6 Å². The molecule has 96 valence electrons. The number of nitrogens with one attached hydrogen (secondary N) is 1. The Hall–Kier alpha value is -0.680. The Kier molecular flexibility index (Phi) is 5.38. The van der Waals surface area contributed by atoms with Crippen molar-refractivity contribution < 1.29 is 5.11 Å². The molecular formula is C14H16BrNOS. The van der Waals surface area contributed by atoms with Gasteiger partial charge in [-0.1, -0.05) is 34.1 Å². The molecule has 1 aromatic carbocycles. The summed E-state index contributed by atoms with van der Waals surface area (Å²) < 4.78 is 1.08. The van der Waals surface area contributed by atoms with Crippen LogP contribution in [0.1, 0.15) is 23.6 Å². The van der Waals surface area contributed by atoms with Crippen molar-refractivity contribution >= 4 is 27.3 Å². The Morgan fingerprint density at radius 1 is 1.28 bits per heavy atom. The molecule has 0 fully saturated rings. The third-order valence-electron chi connectivity index (χ3n) is 2.83. The Morgan fingerprint density at radius 2 is 2.11 bits per heavy atom. The fourth-order valence-corrected chi connectivity index (χ4v) is 3.12. The SMILES string of the molecule is OCCC(NCc1ccsc1)c1ccccc1Br. The molecule has 1 aromatic heterocycles. The number of rotatable bonds is 6. The lowest BCUT2D eigenvalue weighted by molar-refractivity contribution is 0.265. The van der Waals surface area contributed by atoms with Gasteiger partial charge in [-0.15, -0.1) is 0 Å². The number of hydrogen-bond donors (Lipinski definition) is 2. The number of thiophene rings is 1. The molecule has 0 radical (unpaired) electrons. The van der Waals surface area contributed by atoms with Crippen molar-refractivity contribution in [1.82, 2.24) is 5.32 Å².